The molecule has 0 radical (unpaired) electrons. The van der Waals surface area contributed by atoms with Crippen molar-refractivity contribution in [2.75, 3.05) is 18.4 Å². The van der Waals surface area contributed by atoms with Crippen LogP contribution in [0.2, 0.25) is 0 Å². The summed E-state index contributed by atoms with van der Waals surface area (Å²) in [5.74, 6) is 0.0558. The molecule has 1 aromatic carbocycles. The second kappa shape index (κ2) is 5.64. The van der Waals surface area contributed by atoms with Gasteiger partial charge in [-0.2, -0.15) is 0 Å². The lowest BCUT2D eigenvalue weighted by atomic mass is 10.0. The molecule has 0 heterocycles. The minimum absolute atomic E-state index is 0.0558. The summed E-state index contributed by atoms with van der Waals surface area (Å²) in [7, 11) is 0. The largest absolute Gasteiger partial charge is 0.385 e. The highest BCUT2D eigenvalue weighted by Gasteiger charge is 2.40. The molecule has 1 saturated carbocycles. The third-order valence-corrected chi connectivity index (χ3v) is 4.18. The normalized spacial score (nSPS) is 15.9. The van der Waals surface area contributed by atoms with E-state index >= 15 is 0 Å². The summed E-state index contributed by atoms with van der Waals surface area (Å²) in [6.45, 7) is 7.97. The second-order valence-corrected chi connectivity index (χ2v) is 5.60. The molecule has 0 spiro atoms. The van der Waals surface area contributed by atoms with E-state index < -0.39 is 0 Å². The van der Waals surface area contributed by atoms with E-state index in [1.165, 1.54) is 12.8 Å². The molecule has 19 heavy (non-hydrogen) atoms. The molecule has 3 nitrogen and oxygen atoms in total. The SMILES string of the molecule is CCNc1ccc(C(=O)NCC2(CC)CC2)c(C)c1. The van der Waals surface area contributed by atoms with Crippen LogP contribution in [0.4, 0.5) is 5.69 Å². The van der Waals surface area contributed by atoms with Gasteiger partial charge >= 0.3 is 0 Å². The monoisotopic (exact) mass is 260 g/mol. The molecule has 0 atom stereocenters. The Bertz CT molecular complexity index is 464. The predicted octanol–water partition coefficient (Wildman–Crippen LogP) is 3.35. The Morgan fingerprint density at radius 3 is 2.58 bits per heavy atom. The maximum Gasteiger partial charge on any atom is 0.251 e. The summed E-state index contributed by atoms with van der Waals surface area (Å²) < 4.78 is 0. The van der Waals surface area contributed by atoms with E-state index in [2.05, 4.69) is 24.5 Å². The van der Waals surface area contributed by atoms with Crippen molar-refractivity contribution in [3.05, 3.63) is 29.3 Å². The number of rotatable bonds is 6. The highest BCUT2D eigenvalue weighted by molar-refractivity contribution is 5.96. The van der Waals surface area contributed by atoms with Crippen molar-refractivity contribution in [1.29, 1.82) is 0 Å². The summed E-state index contributed by atoms with van der Waals surface area (Å²) in [5.41, 5.74) is 3.28. The summed E-state index contributed by atoms with van der Waals surface area (Å²) >= 11 is 0. The molecule has 0 saturated heterocycles. The van der Waals surface area contributed by atoms with Crippen LogP contribution in [0.3, 0.4) is 0 Å². The van der Waals surface area contributed by atoms with Crippen molar-refractivity contribution < 1.29 is 4.79 Å². The zero-order chi connectivity index (χ0) is 13.9. The Labute approximate surface area is 115 Å². The fraction of sp³-hybridized carbons (Fsp3) is 0.562. The zero-order valence-corrected chi connectivity index (χ0v) is 12.2. The summed E-state index contributed by atoms with van der Waals surface area (Å²) in [6, 6.07) is 5.91. The first kappa shape index (κ1) is 13.9. The number of anilines is 1. The van der Waals surface area contributed by atoms with Crippen molar-refractivity contribution in [3.63, 3.8) is 0 Å². The molecule has 1 amide bonds. The van der Waals surface area contributed by atoms with Gasteiger partial charge in [-0.05, 0) is 62.3 Å². The van der Waals surface area contributed by atoms with Gasteiger partial charge in [-0.1, -0.05) is 6.92 Å². The van der Waals surface area contributed by atoms with Gasteiger partial charge in [0.05, 0.1) is 0 Å². The molecule has 1 aliphatic rings. The van der Waals surface area contributed by atoms with Crippen molar-refractivity contribution in [2.24, 2.45) is 5.41 Å². The molecular weight excluding hydrogens is 236 g/mol. The van der Waals surface area contributed by atoms with Gasteiger partial charge < -0.3 is 10.6 Å². The average Bonchev–Trinajstić information content (AvgIpc) is 3.17. The van der Waals surface area contributed by atoms with Gasteiger partial charge in [0.25, 0.3) is 5.91 Å². The van der Waals surface area contributed by atoms with E-state index in [0.29, 0.717) is 5.41 Å². The third kappa shape index (κ3) is 3.28. The lowest BCUT2D eigenvalue weighted by molar-refractivity contribution is 0.0944. The van der Waals surface area contributed by atoms with Gasteiger partial charge in [0.15, 0.2) is 0 Å². The molecule has 2 rings (SSSR count). The maximum absolute atomic E-state index is 12.2. The smallest absolute Gasteiger partial charge is 0.251 e. The molecule has 3 heteroatoms. The molecule has 0 bridgehead atoms. The van der Waals surface area contributed by atoms with E-state index in [-0.39, 0.29) is 5.91 Å². The number of benzene rings is 1. The van der Waals surface area contributed by atoms with Crippen LogP contribution in [0.5, 0.6) is 0 Å². The van der Waals surface area contributed by atoms with Crippen LogP contribution in [0.15, 0.2) is 18.2 Å². The Balaban J connectivity index is 1.98. The van der Waals surface area contributed by atoms with E-state index in [4.69, 9.17) is 0 Å². The number of hydrogen-bond donors (Lipinski definition) is 2. The standard InChI is InChI=1S/C16H24N2O/c1-4-16(8-9-16)11-18-15(19)14-7-6-13(17-5-2)10-12(14)3/h6-7,10,17H,4-5,8-9,11H2,1-3H3,(H,18,19). The van der Waals surface area contributed by atoms with E-state index in [1.54, 1.807) is 0 Å². The summed E-state index contributed by atoms with van der Waals surface area (Å²) in [4.78, 5) is 12.2. The van der Waals surface area contributed by atoms with Crippen LogP contribution in [0, 0.1) is 12.3 Å². The van der Waals surface area contributed by atoms with E-state index in [0.717, 1.165) is 36.3 Å². The van der Waals surface area contributed by atoms with Crippen molar-refractivity contribution >= 4 is 11.6 Å². The molecule has 1 aromatic rings. The quantitative estimate of drug-likeness (QED) is 0.823. The average molecular weight is 260 g/mol. The minimum Gasteiger partial charge on any atom is -0.385 e. The Morgan fingerprint density at radius 2 is 2.05 bits per heavy atom. The summed E-state index contributed by atoms with van der Waals surface area (Å²) in [5, 5.41) is 6.34. The van der Waals surface area contributed by atoms with Crippen molar-refractivity contribution in [3.8, 4) is 0 Å². The first-order chi connectivity index (χ1) is 9.10. The third-order valence-electron chi connectivity index (χ3n) is 4.18. The predicted molar refractivity (Wildman–Crippen MR) is 79.6 cm³/mol. The molecule has 0 aromatic heterocycles. The van der Waals surface area contributed by atoms with Crippen molar-refractivity contribution in [1.82, 2.24) is 5.32 Å². The topological polar surface area (TPSA) is 41.1 Å². The number of amides is 1. The van der Waals surface area contributed by atoms with Gasteiger partial charge in [0.2, 0.25) is 0 Å². The van der Waals surface area contributed by atoms with Gasteiger partial charge in [-0.3, -0.25) is 4.79 Å². The van der Waals surface area contributed by atoms with E-state index in [1.807, 2.05) is 25.1 Å². The van der Waals surface area contributed by atoms with Crippen LogP contribution < -0.4 is 10.6 Å². The number of nitrogens with one attached hydrogen (secondary N) is 2. The second-order valence-electron chi connectivity index (χ2n) is 5.60. The number of carbonyl (C=O) groups excluding carboxylic acids is 1. The molecule has 0 unspecified atom stereocenters. The molecule has 104 valence electrons. The van der Waals surface area contributed by atoms with Gasteiger partial charge in [0.1, 0.15) is 0 Å². The molecule has 0 aliphatic heterocycles. The molecular formula is C16H24N2O. The number of hydrogen-bond acceptors (Lipinski definition) is 2. The number of aryl methyl sites for hydroxylation is 1. The highest BCUT2D eigenvalue weighted by Crippen LogP contribution is 2.47. The fourth-order valence-electron chi connectivity index (χ4n) is 2.43. The first-order valence-corrected chi connectivity index (χ1v) is 7.23. The number of carbonyl (C=O) groups is 1. The Kier molecular flexibility index (Phi) is 4.13. The minimum atomic E-state index is 0.0558. The zero-order valence-electron chi connectivity index (χ0n) is 12.2. The fourth-order valence-corrected chi connectivity index (χ4v) is 2.43. The molecule has 1 fully saturated rings. The van der Waals surface area contributed by atoms with Crippen LogP contribution in [0.1, 0.15) is 49.0 Å². The Hall–Kier alpha value is -1.51. The van der Waals surface area contributed by atoms with E-state index in [9.17, 15) is 4.79 Å². The lowest BCUT2D eigenvalue weighted by Gasteiger charge is -2.15. The van der Waals surface area contributed by atoms with Gasteiger partial charge in [0, 0.05) is 24.3 Å². The maximum atomic E-state index is 12.2. The van der Waals surface area contributed by atoms with Gasteiger partial charge in [-0.15, -0.1) is 0 Å². The van der Waals surface area contributed by atoms with Gasteiger partial charge in [-0.25, -0.2) is 0 Å². The summed E-state index contributed by atoms with van der Waals surface area (Å²) in [6.07, 6.45) is 3.66. The Morgan fingerprint density at radius 1 is 1.32 bits per heavy atom. The van der Waals surface area contributed by atoms with Crippen LogP contribution in [-0.2, 0) is 0 Å². The lowest BCUT2D eigenvalue weighted by Crippen LogP contribution is -2.30. The van der Waals surface area contributed by atoms with Crippen molar-refractivity contribution in [2.45, 2.75) is 40.0 Å². The molecule has 2 N–H and O–H groups in total. The van der Waals surface area contributed by atoms with Crippen LogP contribution in [0.25, 0.3) is 0 Å². The van der Waals surface area contributed by atoms with Crippen LogP contribution >= 0.6 is 0 Å². The highest BCUT2D eigenvalue weighted by atomic mass is 16.1. The van der Waals surface area contributed by atoms with Crippen LogP contribution in [-0.4, -0.2) is 19.0 Å². The molecule has 1 aliphatic carbocycles. The first-order valence-electron chi connectivity index (χ1n) is 7.23.